The van der Waals surface area contributed by atoms with Gasteiger partial charge < -0.3 is 9.72 Å². The van der Waals surface area contributed by atoms with E-state index in [1.807, 2.05) is 0 Å². The number of benzene rings is 1. The number of H-pyrrole nitrogens is 1. The third-order valence-corrected chi connectivity index (χ3v) is 2.75. The van der Waals surface area contributed by atoms with Crippen molar-refractivity contribution in [3.8, 4) is 17.0 Å². The van der Waals surface area contributed by atoms with Gasteiger partial charge in [-0.25, -0.2) is 9.37 Å². The molecule has 18 heavy (non-hydrogen) atoms. The second kappa shape index (κ2) is 4.60. The summed E-state index contributed by atoms with van der Waals surface area (Å²) in [6.07, 6.45) is 0. The summed E-state index contributed by atoms with van der Waals surface area (Å²) >= 11 is 0. The van der Waals surface area contributed by atoms with Crippen LogP contribution in [0.5, 0.6) is 5.75 Å². The Bertz CT molecular complexity index is 650. The summed E-state index contributed by atoms with van der Waals surface area (Å²) in [6.45, 7) is 3.54. The minimum Gasteiger partial charge on any atom is -0.496 e. The molecule has 0 unspecified atom stereocenters. The lowest BCUT2D eigenvalue weighted by atomic mass is 10.1. The van der Waals surface area contributed by atoms with Crippen molar-refractivity contribution in [3.05, 3.63) is 45.8 Å². The molecule has 0 radical (unpaired) electrons. The summed E-state index contributed by atoms with van der Waals surface area (Å²) in [5.41, 5.74) is 1.54. The minimum atomic E-state index is -0.440. The number of hydrogen-bond acceptors (Lipinski definition) is 3. The van der Waals surface area contributed by atoms with E-state index in [0.717, 1.165) is 0 Å². The molecule has 0 fully saturated rings. The van der Waals surface area contributed by atoms with E-state index in [4.69, 9.17) is 4.74 Å². The average molecular weight is 248 g/mol. The van der Waals surface area contributed by atoms with Gasteiger partial charge >= 0.3 is 0 Å². The molecule has 1 N–H and O–H groups in total. The van der Waals surface area contributed by atoms with E-state index in [9.17, 15) is 9.18 Å². The topological polar surface area (TPSA) is 55.0 Å². The first kappa shape index (κ1) is 12.3. The van der Waals surface area contributed by atoms with Crippen LogP contribution in [0.25, 0.3) is 11.3 Å². The highest BCUT2D eigenvalue weighted by molar-refractivity contribution is 5.66. The van der Waals surface area contributed by atoms with Crippen molar-refractivity contribution < 1.29 is 9.13 Å². The summed E-state index contributed by atoms with van der Waals surface area (Å²) in [4.78, 5) is 18.8. The molecular formula is C13H13FN2O2. The van der Waals surface area contributed by atoms with E-state index in [1.54, 1.807) is 13.8 Å². The van der Waals surface area contributed by atoms with Crippen molar-refractivity contribution in [1.82, 2.24) is 9.97 Å². The number of nitrogens with zero attached hydrogens (tertiary/aromatic N) is 1. The standard InChI is InChI=1S/C13H13FN2O2/c1-7-8(2)16-13(17)12(15-7)10-6-9(14)4-5-11(10)18-3/h4-6H,1-3H3,(H,16,17). The quantitative estimate of drug-likeness (QED) is 0.886. The molecule has 0 amide bonds. The Morgan fingerprint density at radius 1 is 1.33 bits per heavy atom. The lowest BCUT2D eigenvalue weighted by molar-refractivity contribution is 0.415. The zero-order chi connectivity index (χ0) is 13.3. The molecule has 94 valence electrons. The number of nitrogens with one attached hydrogen (secondary N) is 1. The third-order valence-electron chi connectivity index (χ3n) is 2.75. The molecular weight excluding hydrogens is 235 g/mol. The van der Waals surface area contributed by atoms with Crippen molar-refractivity contribution in [3.63, 3.8) is 0 Å². The maximum Gasteiger partial charge on any atom is 0.274 e. The van der Waals surface area contributed by atoms with Crippen molar-refractivity contribution in [1.29, 1.82) is 0 Å². The van der Waals surface area contributed by atoms with E-state index >= 15 is 0 Å². The number of rotatable bonds is 2. The average Bonchev–Trinajstić information content (AvgIpc) is 2.34. The van der Waals surface area contributed by atoms with Crippen molar-refractivity contribution in [2.45, 2.75) is 13.8 Å². The van der Waals surface area contributed by atoms with E-state index in [2.05, 4.69) is 9.97 Å². The first-order chi connectivity index (χ1) is 8.52. The largest absolute Gasteiger partial charge is 0.496 e. The number of methoxy groups -OCH3 is 1. The molecule has 0 bridgehead atoms. The third kappa shape index (κ3) is 2.11. The zero-order valence-corrected chi connectivity index (χ0v) is 10.4. The Hall–Kier alpha value is -2.17. The fourth-order valence-corrected chi connectivity index (χ4v) is 1.67. The molecule has 0 aliphatic heterocycles. The van der Waals surface area contributed by atoms with Crippen LogP contribution < -0.4 is 10.3 Å². The van der Waals surface area contributed by atoms with Gasteiger partial charge in [-0.15, -0.1) is 0 Å². The van der Waals surface area contributed by atoms with Gasteiger partial charge in [-0.2, -0.15) is 0 Å². The van der Waals surface area contributed by atoms with Crippen LogP contribution in [0, 0.1) is 19.7 Å². The van der Waals surface area contributed by atoms with Gasteiger partial charge in [0.1, 0.15) is 17.3 Å². The maximum absolute atomic E-state index is 13.3. The van der Waals surface area contributed by atoms with Gasteiger partial charge in [-0.3, -0.25) is 4.79 Å². The van der Waals surface area contributed by atoms with Crippen molar-refractivity contribution in [2.75, 3.05) is 7.11 Å². The molecule has 1 heterocycles. The molecule has 4 nitrogen and oxygen atoms in total. The number of ether oxygens (including phenoxy) is 1. The monoisotopic (exact) mass is 248 g/mol. The molecule has 0 spiro atoms. The zero-order valence-electron chi connectivity index (χ0n) is 10.4. The fourth-order valence-electron chi connectivity index (χ4n) is 1.67. The molecule has 1 aromatic heterocycles. The minimum absolute atomic E-state index is 0.162. The molecule has 2 rings (SSSR count). The lowest BCUT2D eigenvalue weighted by Crippen LogP contribution is -2.14. The van der Waals surface area contributed by atoms with E-state index in [1.165, 1.54) is 25.3 Å². The smallest absolute Gasteiger partial charge is 0.274 e. The Morgan fingerprint density at radius 2 is 2.06 bits per heavy atom. The summed E-state index contributed by atoms with van der Waals surface area (Å²) in [5.74, 6) is -0.0251. The Morgan fingerprint density at radius 3 is 2.72 bits per heavy atom. The van der Waals surface area contributed by atoms with E-state index < -0.39 is 5.82 Å². The molecule has 0 aliphatic rings. The first-order valence-corrected chi connectivity index (χ1v) is 5.44. The Kier molecular flexibility index (Phi) is 3.14. The molecule has 0 atom stereocenters. The van der Waals surface area contributed by atoms with Crippen molar-refractivity contribution >= 4 is 0 Å². The van der Waals surface area contributed by atoms with Gasteiger partial charge in [-0.05, 0) is 32.0 Å². The van der Waals surface area contributed by atoms with Crippen LogP contribution >= 0.6 is 0 Å². The highest BCUT2D eigenvalue weighted by Gasteiger charge is 2.13. The molecule has 0 saturated heterocycles. The molecule has 1 aromatic carbocycles. The van der Waals surface area contributed by atoms with Crippen LogP contribution in [0.4, 0.5) is 4.39 Å². The summed E-state index contributed by atoms with van der Waals surface area (Å²) in [6, 6.07) is 3.99. The van der Waals surface area contributed by atoms with Crippen LogP contribution in [0.3, 0.4) is 0 Å². The Balaban J connectivity index is 2.72. The van der Waals surface area contributed by atoms with Crippen LogP contribution in [0.15, 0.2) is 23.0 Å². The number of halogens is 1. The maximum atomic E-state index is 13.3. The van der Waals surface area contributed by atoms with Gasteiger partial charge in [-0.1, -0.05) is 0 Å². The van der Waals surface area contributed by atoms with Crippen molar-refractivity contribution in [2.24, 2.45) is 0 Å². The van der Waals surface area contributed by atoms with Gasteiger partial charge in [0, 0.05) is 5.69 Å². The van der Waals surface area contributed by atoms with Crippen LogP contribution in [0.1, 0.15) is 11.4 Å². The van der Waals surface area contributed by atoms with Gasteiger partial charge in [0.25, 0.3) is 5.56 Å². The highest BCUT2D eigenvalue weighted by atomic mass is 19.1. The summed E-state index contributed by atoms with van der Waals surface area (Å²) in [5, 5.41) is 0. The Labute approximate surface area is 103 Å². The molecule has 0 aliphatic carbocycles. The molecule has 5 heteroatoms. The number of aryl methyl sites for hydroxylation is 2. The SMILES string of the molecule is COc1ccc(F)cc1-c1nc(C)c(C)[nH]c1=O. The predicted molar refractivity (Wildman–Crippen MR) is 66.3 cm³/mol. The normalized spacial score (nSPS) is 10.4. The second-order valence-electron chi connectivity index (χ2n) is 3.97. The van der Waals surface area contributed by atoms with Gasteiger partial charge in [0.2, 0.25) is 0 Å². The van der Waals surface area contributed by atoms with E-state index in [0.29, 0.717) is 22.7 Å². The first-order valence-electron chi connectivity index (χ1n) is 5.44. The van der Waals surface area contributed by atoms with Crippen LogP contribution in [-0.4, -0.2) is 17.1 Å². The van der Waals surface area contributed by atoms with Crippen LogP contribution in [-0.2, 0) is 0 Å². The highest BCUT2D eigenvalue weighted by Crippen LogP contribution is 2.27. The number of hydrogen-bond donors (Lipinski definition) is 1. The van der Waals surface area contributed by atoms with Gasteiger partial charge in [0.05, 0.1) is 18.4 Å². The van der Waals surface area contributed by atoms with E-state index in [-0.39, 0.29) is 11.3 Å². The van der Waals surface area contributed by atoms with Gasteiger partial charge in [0.15, 0.2) is 0 Å². The fraction of sp³-hybridized carbons (Fsp3) is 0.231. The second-order valence-corrected chi connectivity index (χ2v) is 3.97. The predicted octanol–water partition coefficient (Wildman–Crippen LogP) is 2.20. The van der Waals surface area contributed by atoms with Crippen LogP contribution in [0.2, 0.25) is 0 Å². The molecule has 2 aromatic rings. The number of aromatic nitrogens is 2. The number of aromatic amines is 1. The summed E-state index contributed by atoms with van der Waals surface area (Å²) < 4.78 is 18.4. The lowest BCUT2D eigenvalue weighted by Gasteiger charge is -2.08. The summed E-state index contributed by atoms with van der Waals surface area (Å²) in [7, 11) is 1.46. The molecule has 0 saturated carbocycles.